The molecule has 3 heteroatoms. The molecular formula is C22H19NO2. The normalized spacial score (nSPS) is 19.4. The Balaban J connectivity index is 1.74. The van der Waals surface area contributed by atoms with Gasteiger partial charge in [-0.3, -0.25) is 4.79 Å². The molecule has 2 atom stereocenters. The predicted octanol–water partition coefficient (Wildman–Crippen LogP) is 4.57. The molecule has 0 radical (unpaired) electrons. The Kier molecular flexibility index (Phi) is 3.98. The molecule has 1 saturated heterocycles. The number of anilines is 1. The molecule has 25 heavy (non-hydrogen) atoms. The average Bonchev–Trinajstić information content (AvgIpc) is 2.68. The Hall–Kier alpha value is -3.07. The number of amides is 1. The van der Waals surface area contributed by atoms with Crippen LogP contribution in [0.25, 0.3) is 0 Å². The predicted molar refractivity (Wildman–Crippen MR) is 98.8 cm³/mol. The second-order valence-corrected chi connectivity index (χ2v) is 6.15. The molecule has 3 nitrogen and oxygen atoms in total. The van der Waals surface area contributed by atoms with Crippen LogP contribution in [0.3, 0.4) is 0 Å². The van der Waals surface area contributed by atoms with Gasteiger partial charge in [0.1, 0.15) is 5.75 Å². The van der Waals surface area contributed by atoms with E-state index in [4.69, 9.17) is 4.74 Å². The highest BCUT2D eigenvalue weighted by atomic mass is 16.5. The lowest BCUT2D eigenvalue weighted by Gasteiger charge is -2.47. The van der Waals surface area contributed by atoms with Crippen LogP contribution in [0.15, 0.2) is 84.9 Å². The molecule has 1 heterocycles. The first-order valence-corrected chi connectivity index (χ1v) is 8.36. The van der Waals surface area contributed by atoms with Crippen molar-refractivity contribution >= 4 is 11.6 Å². The van der Waals surface area contributed by atoms with E-state index in [1.165, 1.54) is 0 Å². The topological polar surface area (TPSA) is 29.5 Å². The molecule has 0 saturated carbocycles. The van der Waals surface area contributed by atoms with Gasteiger partial charge in [-0.2, -0.15) is 0 Å². The van der Waals surface area contributed by atoms with Gasteiger partial charge in [0.15, 0.2) is 0 Å². The van der Waals surface area contributed by atoms with E-state index in [1.54, 1.807) is 7.11 Å². The number of benzene rings is 3. The molecule has 1 aliphatic rings. The quantitative estimate of drug-likeness (QED) is 0.656. The highest BCUT2D eigenvalue weighted by molar-refractivity contribution is 6.06. The largest absolute Gasteiger partial charge is 0.497 e. The summed E-state index contributed by atoms with van der Waals surface area (Å²) in [5, 5.41) is 0. The van der Waals surface area contributed by atoms with E-state index in [2.05, 4.69) is 12.1 Å². The van der Waals surface area contributed by atoms with Crippen LogP contribution in [-0.2, 0) is 4.79 Å². The number of ether oxygens (including phenoxy) is 1. The van der Waals surface area contributed by atoms with Crippen molar-refractivity contribution in [2.45, 2.75) is 12.0 Å². The molecular weight excluding hydrogens is 310 g/mol. The number of nitrogens with zero attached hydrogens (tertiary/aromatic N) is 1. The van der Waals surface area contributed by atoms with Crippen molar-refractivity contribution in [1.29, 1.82) is 0 Å². The van der Waals surface area contributed by atoms with Crippen LogP contribution in [-0.4, -0.2) is 13.0 Å². The Morgan fingerprint density at radius 2 is 1.36 bits per heavy atom. The fraction of sp³-hybridized carbons (Fsp3) is 0.136. The van der Waals surface area contributed by atoms with Crippen molar-refractivity contribution in [3.8, 4) is 5.75 Å². The number of carbonyl (C=O) groups is 1. The SMILES string of the molecule is COc1ccc([C@@H]2C(=O)N(c3ccccc3)[C@H]2c2ccccc2)cc1. The smallest absolute Gasteiger partial charge is 0.237 e. The van der Waals surface area contributed by atoms with Gasteiger partial charge in [0, 0.05) is 5.69 Å². The van der Waals surface area contributed by atoms with Gasteiger partial charge in [0.25, 0.3) is 0 Å². The molecule has 3 aromatic rings. The van der Waals surface area contributed by atoms with E-state index in [0.29, 0.717) is 0 Å². The molecule has 0 aromatic heterocycles. The van der Waals surface area contributed by atoms with Crippen molar-refractivity contribution in [3.63, 3.8) is 0 Å². The van der Waals surface area contributed by atoms with E-state index < -0.39 is 0 Å². The summed E-state index contributed by atoms with van der Waals surface area (Å²) in [6.45, 7) is 0. The summed E-state index contributed by atoms with van der Waals surface area (Å²) < 4.78 is 5.23. The lowest BCUT2D eigenvalue weighted by Crippen LogP contribution is -2.53. The van der Waals surface area contributed by atoms with Crippen molar-refractivity contribution in [2.75, 3.05) is 12.0 Å². The third-order valence-corrected chi connectivity index (χ3v) is 4.75. The lowest BCUT2D eigenvalue weighted by molar-refractivity contribution is -0.126. The van der Waals surface area contributed by atoms with Gasteiger partial charge in [-0.05, 0) is 35.4 Å². The van der Waals surface area contributed by atoms with Gasteiger partial charge in [0.05, 0.1) is 19.1 Å². The number of β-lactam (4-membered cyclic amide) rings is 1. The highest BCUT2D eigenvalue weighted by Gasteiger charge is 2.49. The van der Waals surface area contributed by atoms with E-state index in [-0.39, 0.29) is 17.9 Å². The number of hydrogen-bond acceptors (Lipinski definition) is 2. The van der Waals surface area contributed by atoms with Gasteiger partial charge in [0.2, 0.25) is 5.91 Å². The van der Waals surface area contributed by atoms with Crippen molar-refractivity contribution in [3.05, 3.63) is 96.1 Å². The molecule has 0 N–H and O–H groups in total. The molecule has 1 aliphatic heterocycles. The highest BCUT2D eigenvalue weighted by Crippen LogP contribution is 2.48. The first-order chi connectivity index (χ1) is 12.3. The van der Waals surface area contributed by atoms with E-state index in [0.717, 1.165) is 22.6 Å². The standard InChI is InChI=1S/C22H19NO2/c1-25-19-14-12-16(13-15-19)20-21(17-8-4-2-5-9-17)23(22(20)24)18-10-6-3-7-11-18/h2-15,20-21H,1H3/t20-,21-/m0/s1. The zero-order valence-corrected chi connectivity index (χ0v) is 14.0. The first kappa shape index (κ1) is 15.5. The third kappa shape index (κ3) is 2.68. The summed E-state index contributed by atoms with van der Waals surface area (Å²) in [5.74, 6) is 0.755. The molecule has 4 rings (SSSR count). The Morgan fingerprint density at radius 1 is 0.760 bits per heavy atom. The summed E-state index contributed by atoms with van der Waals surface area (Å²) in [6.07, 6.45) is 0. The minimum absolute atomic E-state index is 0.00416. The van der Waals surface area contributed by atoms with Gasteiger partial charge in [-0.25, -0.2) is 0 Å². The van der Waals surface area contributed by atoms with Crippen molar-refractivity contribution in [1.82, 2.24) is 0 Å². The maximum Gasteiger partial charge on any atom is 0.237 e. The summed E-state index contributed by atoms with van der Waals surface area (Å²) >= 11 is 0. The molecule has 1 amide bonds. The Bertz CT molecular complexity index is 860. The summed E-state index contributed by atoms with van der Waals surface area (Å²) in [4.78, 5) is 14.9. The lowest BCUT2D eigenvalue weighted by atomic mass is 9.77. The van der Waals surface area contributed by atoms with Crippen LogP contribution in [0.4, 0.5) is 5.69 Å². The molecule has 124 valence electrons. The van der Waals surface area contributed by atoms with E-state index in [9.17, 15) is 4.79 Å². The average molecular weight is 329 g/mol. The fourth-order valence-corrected chi connectivity index (χ4v) is 3.49. The zero-order chi connectivity index (χ0) is 17.2. The summed E-state index contributed by atoms with van der Waals surface area (Å²) in [7, 11) is 1.65. The molecule has 0 unspecified atom stereocenters. The number of carbonyl (C=O) groups excluding carboxylic acids is 1. The van der Waals surface area contributed by atoms with Crippen LogP contribution in [0.2, 0.25) is 0 Å². The van der Waals surface area contributed by atoms with Gasteiger partial charge in [-0.1, -0.05) is 60.7 Å². The number of methoxy groups -OCH3 is 1. The Labute approximate surface area is 147 Å². The van der Waals surface area contributed by atoms with Crippen LogP contribution >= 0.6 is 0 Å². The number of para-hydroxylation sites is 1. The van der Waals surface area contributed by atoms with Gasteiger partial charge < -0.3 is 9.64 Å². The minimum atomic E-state index is -0.173. The summed E-state index contributed by atoms with van der Waals surface area (Å²) in [5.41, 5.74) is 3.10. The number of hydrogen-bond donors (Lipinski definition) is 0. The first-order valence-electron chi connectivity index (χ1n) is 8.36. The van der Waals surface area contributed by atoms with E-state index in [1.807, 2.05) is 77.7 Å². The maximum atomic E-state index is 13.0. The van der Waals surface area contributed by atoms with Gasteiger partial charge >= 0.3 is 0 Å². The molecule has 3 aromatic carbocycles. The monoisotopic (exact) mass is 329 g/mol. The summed E-state index contributed by atoms with van der Waals surface area (Å²) in [6, 6.07) is 27.9. The van der Waals surface area contributed by atoms with Crippen LogP contribution in [0, 0.1) is 0 Å². The second kappa shape index (κ2) is 6.44. The van der Waals surface area contributed by atoms with Crippen molar-refractivity contribution < 1.29 is 9.53 Å². The van der Waals surface area contributed by atoms with Crippen LogP contribution < -0.4 is 9.64 Å². The van der Waals surface area contributed by atoms with Gasteiger partial charge in [-0.15, -0.1) is 0 Å². The molecule has 0 spiro atoms. The molecule has 0 aliphatic carbocycles. The Morgan fingerprint density at radius 3 is 1.96 bits per heavy atom. The van der Waals surface area contributed by atoms with Crippen LogP contribution in [0.5, 0.6) is 5.75 Å². The molecule has 0 bridgehead atoms. The minimum Gasteiger partial charge on any atom is -0.497 e. The molecule has 1 fully saturated rings. The van der Waals surface area contributed by atoms with Crippen molar-refractivity contribution in [2.24, 2.45) is 0 Å². The second-order valence-electron chi connectivity index (χ2n) is 6.15. The van der Waals surface area contributed by atoms with E-state index >= 15 is 0 Å². The van der Waals surface area contributed by atoms with Crippen LogP contribution in [0.1, 0.15) is 23.1 Å². The zero-order valence-electron chi connectivity index (χ0n) is 14.0. The fourth-order valence-electron chi connectivity index (χ4n) is 3.49. The number of rotatable bonds is 4. The maximum absolute atomic E-state index is 13.0. The third-order valence-electron chi connectivity index (χ3n) is 4.75.